The molecule has 2 heterocycles. The van der Waals surface area contributed by atoms with E-state index in [-0.39, 0.29) is 0 Å². The van der Waals surface area contributed by atoms with Gasteiger partial charge in [-0.3, -0.25) is 0 Å². The molecule has 0 atom stereocenters. The van der Waals surface area contributed by atoms with Crippen LogP contribution in [0.2, 0.25) is 0 Å². The van der Waals surface area contributed by atoms with E-state index < -0.39 is 0 Å². The molecule has 0 saturated carbocycles. The van der Waals surface area contributed by atoms with Crippen LogP contribution in [0.4, 0.5) is 0 Å². The van der Waals surface area contributed by atoms with Crippen LogP contribution in [0.1, 0.15) is 55.6 Å². The van der Waals surface area contributed by atoms with Crippen molar-refractivity contribution in [3.8, 4) is 79.1 Å². The minimum Gasteiger partial charge on any atom is -0.308 e. The van der Waals surface area contributed by atoms with Crippen LogP contribution in [0.5, 0.6) is 0 Å². The number of nitrogens with zero attached hydrogens (tertiary/aromatic N) is 4. The Labute approximate surface area is 433 Å². The highest BCUT2D eigenvalue weighted by Crippen LogP contribution is 2.44. The number of aromatic nitrogens is 2. The number of rotatable bonds is 7. The van der Waals surface area contributed by atoms with Gasteiger partial charge in [-0.2, -0.15) is 10.5 Å². The van der Waals surface area contributed by atoms with Crippen LogP contribution in [0, 0.1) is 78.1 Å². The standard InChI is InChI=1S/C70H54N4/c1-41-13-20-57(46(6)27-41)51-17-24-66-61(34-51)60-33-50(56-12-10-9-11-45(56)5)16-23-65(60)73(66)69-37-55(54-31-44(4)30-49(32-54)39-71)38-70(64(69)40-72)74-67-25-18-52(58-21-14-42(2)28-47(58)7)35-62(67)63-36-53(19-26-68(63)74)59-22-15-43(3)29-48(59)8/h9-38H,1-8H3. The number of fused-ring (bicyclic) bond motifs is 6. The third-order valence-electron chi connectivity index (χ3n) is 15.3. The summed E-state index contributed by atoms with van der Waals surface area (Å²) in [4.78, 5) is 0. The van der Waals surface area contributed by atoms with Gasteiger partial charge in [0.2, 0.25) is 0 Å². The largest absolute Gasteiger partial charge is 0.308 e. The van der Waals surface area contributed by atoms with Gasteiger partial charge in [0.25, 0.3) is 0 Å². The van der Waals surface area contributed by atoms with Gasteiger partial charge in [-0.25, -0.2) is 0 Å². The summed E-state index contributed by atoms with van der Waals surface area (Å²) in [5.74, 6) is 0. The first-order chi connectivity index (χ1) is 35.8. The molecule has 0 amide bonds. The maximum absolute atomic E-state index is 11.9. The van der Waals surface area contributed by atoms with E-state index in [9.17, 15) is 10.5 Å². The van der Waals surface area contributed by atoms with Crippen LogP contribution in [0.25, 0.3) is 111 Å². The molecular formula is C70H54N4. The molecule has 4 heteroatoms. The Morgan fingerprint density at radius 3 is 1.04 bits per heavy atom. The second kappa shape index (κ2) is 17.8. The minimum atomic E-state index is 0.540. The molecule has 0 fully saturated rings. The predicted octanol–water partition coefficient (Wildman–Crippen LogP) is 18.4. The molecule has 74 heavy (non-hydrogen) atoms. The first-order valence-electron chi connectivity index (χ1n) is 25.4. The molecule has 0 unspecified atom stereocenters. The molecule has 0 aliphatic heterocycles. The van der Waals surface area contributed by atoms with Crippen molar-refractivity contribution in [1.29, 1.82) is 10.5 Å². The van der Waals surface area contributed by atoms with Crippen LogP contribution in [0.15, 0.2) is 182 Å². The third kappa shape index (κ3) is 7.67. The van der Waals surface area contributed by atoms with Gasteiger partial charge in [-0.15, -0.1) is 0 Å². The lowest BCUT2D eigenvalue weighted by Gasteiger charge is -2.19. The van der Waals surface area contributed by atoms with Crippen LogP contribution >= 0.6 is 0 Å². The molecule has 10 aromatic carbocycles. The van der Waals surface area contributed by atoms with E-state index in [0.29, 0.717) is 11.1 Å². The van der Waals surface area contributed by atoms with E-state index in [1.807, 2.05) is 19.1 Å². The molecule has 4 nitrogen and oxygen atoms in total. The van der Waals surface area contributed by atoms with Crippen LogP contribution in [0.3, 0.4) is 0 Å². The van der Waals surface area contributed by atoms with Gasteiger partial charge in [0.1, 0.15) is 11.6 Å². The number of aryl methyl sites for hydroxylation is 8. The molecule has 0 aliphatic rings. The molecule has 0 bridgehead atoms. The Bertz CT molecular complexity index is 4320. The van der Waals surface area contributed by atoms with E-state index in [2.05, 4.69) is 240 Å². The Balaban J connectivity index is 1.20. The highest BCUT2D eigenvalue weighted by atomic mass is 15.0. The van der Waals surface area contributed by atoms with Crippen molar-refractivity contribution in [3.05, 3.63) is 238 Å². The third-order valence-corrected chi connectivity index (χ3v) is 15.3. The van der Waals surface area contributed by atoms with E-state index in [1.54, 1.807) is 0 Å². The van der Waals surface area contributed by atoms with E-state index >= 15 is 0 Å². The first kappa shape index (κ1) is 45.9. The van der Waals surface area contributed by atoms with Crippen molar-refractivity contribution in [2.45, 2.75) is 55.4 Å². The number of hydrogen-bond donors (Lipinski definition) is 0. The monoisotopic (exact) mass is 950 g/mol. The van der Waals surface area contributed by atoms with Crippen molar-refractivity contribution >= 4 is 43.6 Å². The van der Waals surface area contributed by atoms with Gasteiger partial charge < -0.3 is 9.13 Å². The van der Waals surface area contributed by atoms with Gasteiger partial charge in [0, 0.05) is 21.5 Å². The fraction of sp³-hybridized carbons (Fsp3) is 0.114. The zero-order valence-electron chi connectivity index (χ0n) is 43.1. The topological polar surface area (TPSA) is 57.4 Å². The van der Waals surface area contributed by atoms with Gasteiger partial charge in [0.05, 0.1) is 45.1 Å². The normalized spacial score (nSPS) is 11.5. The summed E-state index contributed by atoms with van der Waals surface area (Å²) >= 11 is 0. The summed E-state index contributed by atoms with van der Waals surface area (Å²) in [6, 6.07) is 71.3. The van der Waals surface area contributed by atoms with E-state index in [1.165, 1.54) is 61.2 Å². The molecule has 12 aromatic rings. The van der Waals surface area contributed by atoms with Crippen LogP contribution < -0.4 is 0 Å². The lowest BCUT2D eigenvalue weighted by atomic mass is 9.95. The Hall–Kier alpha value is -9.22. The summed E-state index contributed by atoms with van der Waals surface area (Å²) in [5.41, 5.74) is 27.3. The highest BCUT2D eigenvalue weighted by molar-refractivity contribution is 6.14. The number of nitriles is 2. The fourth-order valence-corrected chi connectivity index (χ4v) is 11.8. The highest BCUT2D eigenvalue weighted by Gasteiger charge is 2.25. The lowest BCUT2D eigenvalue weighted by molar-refractivity contribution is 1.12. The zero-order chi connectivity index (χ0) is 51.1. The number of benzene rings is 10. The van der Waals surface area contributed by atoms with Crippen molar-refractivity contribution in [1.82, 2.24) is 9.13 Å². The Kier molecular flexibility index (Phi) is 11.0. The summed E-state index contributed by atoms with van der Waals surface area (Å²) in [6.45, 7) is 17.2. The van der Waals surface area contributed by atoms with Crippen molar-refractivity contribution < 1.29 is 0 Å². The quantitative estimate of drug-likeness (QED) is 0.160. The molecule has 0 saturated heterocycles. The maximum atomic E-state index is 11.9. The number of hydrogen-bond acceptors (Lipinski definition) is 2. The second-order valence-corrected chi connectivity index (χ2v) is 20.6. The summed E-state index contributed by atoms with van der Waals surface area (Å²) in [5, 5.41) is 26.6. The Morgan fingerprint density at radius 1 is 0.297 bits per heavy atom. The smallest absolute Gasteiger partial charge is 0.104 e. The van der Waals surface area contributed by atoms with Gasteiger partial charge in [-0.1, -0.05) is 126 Å². The van der Waals surface area contributed by atoms with Crippen molar-refractivity contribution in [3.63, 3.8) is 0 Å². The van der Waals surface area contributed by atoms with Gasteiger partial charge in [0.15, 0.2) is 0 Å². The molecule has 0 aliphatic carbocycles. The first-order valence-corrected chi connectivity index (χ1v) is 25.4. The second-order valence-electron chi connectivity index (χ2n) is 20.6. The molecule has 354 valence electrons. The maximum Gasteiger partial charge on any atom is 0.104 e. The lowest BCUT2D eigenvalue weighted by Crippen LogP contribution is -2.05. The summed E-state index contributed by atoms with van der Waals surface area (Å²) < 4.78 is 4.60. The molecule has 0 radical (unpaired) electrons. The molecule has 0 N–H and O–H groups in total. The molecule has 0 spiro atoms. The SMILES string of the molecule is Cc1cc(C#N)cc(-c2cc(-n3c4ccc(-c5ccccc5C)cc4c4cc(-c5ccc(C)cc5C)ccc43)c(C#N)c(-n3c4ccc(-c5ccc(C)cc5C)cc4c4cc(-c5ccc(C)cc5C)ccc43)c2)c1. The van der Waals surface area contributed by atoms with Crippen LogP contribution in [-0.2, 0) is 0 Å². The predicted molar refractivity (Wildman–Crippen MR) is 310 cm³/mol. The van der Waals surface area contributed by atoms with Crippen molar-refractivity contribution in [2.75, 3.05) is 0 Å². The van der Waals surface area contributed by atoms with Crippen molar-refractivity contribution in [2.24, 2.45) is 0 Å². The molecule has 12 rings (SSSR count). The van der Waals surface area contributed by atoms with Gasteiger partial charge in [-0.05, 0) is 212 Å². The zero-order valence-corrected chi connectivity index (χ0v) is 43.1. The van der Waals surface area contributed by atoms with Gasteiger partial charge >= 0.3 is 0 Å². The average Bonchev–Trinajstić information content (AvgIpc) is 3.90. The fourth-order valence-electron chi connectivity index (χ4n) is 11.8. The average molecular weight is 951 g/mol. The van der Waals surface area contributed by atoms with Crippen LogP contribution in [-0.4, -0.2) is 9.13 Å². The Morgan fingerprint density at radius 2 is 0.676 bits per heavy atom. The summed E-state index contributed by atoms with van der Waals surface area (Å²) in [6.07, 6.45) is 0. The minimum absolute atomic E-state index is 0.540. The summed E-state index contributed by atoms with van der Waals surface area (Å²) in [7, 11) is 0. The molecule has 2 aromatic heterocycles. The van der Waals surface area contributed by atoms with E-state index in [0.717, 1.165) is 93.9 Å². The van der Waals surface area contributed by atoms with E-state index in [4.69, 9.17) is 0 Å². The molecular weight excluding hydrogens is 897 g/mol.